The van der Waals surface area contributed by atoms with E-state index in [1.807, 2.05) is 0 Å². The maximum atomic E-state index is 3.97. The molecule has 0 atom stereocenters. The zero-order valence-electron chi connectivity index (χ0n) is 8.12. The summed E-state index contributed by atoms with van der Waals surface area (Å²) in [6.45, 7) is 15.4. The summed E-state index contributed by atoms with van der Waals surface area (Å²) in [5, 5.41) is 0. The molecule has 0 aromatic carbocycles. The number of hydrogen-bond donors (Lipinski definition) is 0. The van der Waals surface area contributed by atoms with Gasteiger partial charge in [-0.3, -0.25) is 0 Å². The molecule has 0 aromatic rings. The molecule has 0 bridgehead atoms. The van der Waals surface area contributed by atoms with Gasteiger partial charge in [-0.05, 0) is 17.3 Å². The average molecular weight is 141 g/mol. The van der Waals surface area contributed by atoms with Gasteiger partial charge in [0.1, 0.15) is 0 Å². The molecular formula is C10H21. The summed E-state index contributed by atoms with van der Waals surface area (Å²) in [6.07, 6.45) is 2.25. The fourth-order valence-corrected chi connectivity index (χ4v) is 0.817. The van der Waals surface area contributed by atoms with E-state index in [0.29, 0.717) is 10.8 Å². The molecule has 1 radical (unpaired) electrons. The van der Waals surface area contributed by atoms with E-state index in [0.717, 1.165) is 6.42 Å². The molecule has 10 heavy (non-hydrogen) atoms. The van der Waals surface area contributed by atoms with Gasteiger partial charge in [0.2, 0.25) is 0 Å². The van der Waals surface area contributed by atoms with Crippen LogP contribution in [0.2, 0.25) is 0 Å². The lowest BCUT2D eigenvalue weighted by Gasteiger charge is -2.40. The van der Waals surface area contributed by atoms with Crippen LogP contribution in [0.4, 0.5) is 0 Å². The molecule has 0 heteroatoms. The van der Waals surface area contributed by atoms with E-state index < -0.39 is 0 Å². The predicted molar refractivity (Wildman–Crippen MR) is 47.8 cm³/mol. The first-order valence-corrected chi connectivity index (χ1v) is 4.16. The average Bonchev–Trinajstić information content (AvgIpc) is 1.88. The van der Waals surface area contributed by atoms with Gasteiger partial charge in [0.25, 0.3) is 0 Å². The highest BCUT2D eigenvalue weighted by Gasteiger charge is 2.33. The molecule has 0 unspecified atom stereocenters. The second-order valence-electron chi connectivity index (χ2n) is 4.37. The normalized spacial score (nSPS) is 13.8. The summed E-state index contributed by atoms with van der Waals surface area (Å²) in [7, 11) is 0. The Balaban J connectivity index is 4.28. The van der Waals surface area contributed by atoms with Crippen LogP contribution in [-0.4, -0.2) is 0 Å². The van der Waals surface area contributed by atoms with Gasteiger partial charge in [-0.25, -0.2) is 0 Å². The minimum atomic E-state index is 0.377. The quantitative estimate of drug-likeness (QED) is 0.562. The van der Waals surface area contributed by atoms with Crippen molar-refractivity contribution in [1.29, 1.82) is 0 Å². The molecule has 0 aliphatic rings. The minimum Gasteiger partial charge on any atom is -0.0649 e. The lowest BCUT2D eigenvalue weighted by molar-refractivity contribution is 0.107. The summed E-state index contributed by atoms with van der Waals surface area (Å²) < 4.78 is 0. The Morgan fingerprint density at radius 1 is 1.00 bits per heavy atom. The second kappa shape index (κ2) is 2.94. The molecule has 0 N–H and O–H groups in total. The van der Waals surface area contributed by atoms with Gasteiger partial charge in [-0.15, -0.1) is 0 Å². The third-order valence-electron chi connectivity index (χ3n) is 3.34. The Hall–Kier alpha value is 0. The van der Waals surface area contributed by atoms with Crippen LogP contribution in [0.3, 0.4) is 0 Å². The van der Waals surface area contributed by atoms with Crippen molar-refractivity contribution in [2.24, 2.45) is 10.8 Å². The zero-order chi connectivity index (χ0) is 8.41. The van der Waals surface area contributed by atoms with Crippen molar-refractivity contribution in [3.05, 3.63) is 6.92 Å². The highest BCUT2D eigenvalue weighted by Crippen LogP contribution is 2.43. The first kappa shape index (κ1) is 10.0. The maximum Gasteiger partial charge on any atom is -0.0303 e. The van der Waals surface area contributed by atoms with Crippen LogP contribution in [0.5, 0.6) is 0 Å². The van der Waals surface area contributed by atoms with Crippen LogP contribution in [0.1, 0.15) is 47.5 Å². The van der Waals surface area contributed by atoms with Gasteiger partial charge in [-0.2, -0.15) is 0 Å². The van der Waals surface area contributed by atoms with E-state index in [1.54, 1.807) is 0 Å². The Labute approximate surface area is 66.0 Å². The van der Waals surface area contributed by atoms with E-state index >= 15 is 0 Å². The molecule has 0 amide bonds. The first-order chi connectivity index (χ1) is 4.37. The van der Waals surface area contributed by atoms with Crippen LogP contribution in [0.15, 0.2) is 0 Å². The molecule has 0 spiro atoms. The fraction of sp³-hybridized carbons (Fsp3) is 0.900. The van der Waals surface area contributed by atoms with E-state index in [2.05, 4.69) is 41.5 Å². The van der Waals surface area contributed by atoms with Crippen molar-refractivity contribution in [3.63, 3.8) is 0 Å². The number of hydrogen-bond acceptors (Lipinski definition) is 0. The fourth-order valence-electron chi connectivity index (χ4n) is 0.817. The molecule has 0 aliphatic carbocycles. The molecule has 61 valence electrons. The highest BCUT2D eigenvalue weighted by molar-refractivity contribution is 4.85. The Kier molecular flexibility index (Phi) is 2.94. The van der Waals surface area contributed by atoms with Crippen LogP contribution in [-0.2, 0) is 0 Å². The van der Waals surface area contributed by atoms with E-state index in [4.69, 9.17) is 0 Å². The second-order valence-corrected chi connectivity index (χ2v) is 4.37. The topological polar surface area (TPSA) is 0 Å². The lowest BCUT2D eigenvalue weighted by Crippen LogP contribution is -2.31. The molecule has 0 nitrogen and oxygen atoms in total. The van der Waals surface area contributed by atoms with Gasteiger partial charge in [0.05, 0.1) is 0 Å². The van der Waals surface area contributed by atoms with Crippen LogP contribution >= 0.6 is 0 Å². The smallest absolute Gasteiger partial charge is 0.0303 e. The molecule has 0 saturated carbocycles. The van der Waals surface area contributed by atoms with Crippen molar-refractivity contribution in [2.45, 2.75) is 47.5 Å². The number of rotatable bonds is 3. The molecular weight excluding hydrogens is 120 g/mol. The van der Waals surface area contributed by atoms with E-state index in [-0.39, 0.29) is 0 Å². The van der Waals surface area contributed by atoms with Gasteiger partial charge in [-0.1, -0.05) is 48.0 Å². The van der Waals surface area contributed by atoms with Crippen molar-refractivity contribution in [1.82, 2.24) is 0 Å². The third kappa shape index (κ3) is 1.74. The van der Waals surface area contributed by atoms with Crippen molar-refractivity contribution in [2.75, 3.05) is 0 Å². The molecule has 0 fully saturated rings. The zero-order valence-corrected chi connectivity index (χ0v) is 8.12. The Bertz CT molecular complexity index is 84.6. The van der Waals surface area contributed by atoms with Crippen molar-refractivity contribution in [3.8, 4) is 0 Å². The van der Waals surface area contributed by atoms with Crippen LogP contribution < -0.4 is 0 Å². The van der Waals surface area contributed by atoms with Gasteiger partial charge < -0.3 is 0 Å². The summed E-state index contributed by atoms with van der Waals surface area (Å²) in [4.78, 5) is 0. The first-order valence-electron chi connectivity index (χ1n) is 4.16. The summed E-state index contributed by atoms with van der Waals surface area (Å²) in [5.41, 5.74) is 0.802. The van der Waals surface area contributed by atoms with Gasteiger partial charge >= 0.3 is 0 Å². The standard InChI is InChI=1S/C10H21/c1-7-9(3,4)10(5,6)8-2/h1,7-8H2,2-6H3. The molecule has 0 heterocycles. The van der Waals surface area contributed by atoms with Gasteiger partial charge in [0.15, 0.2) is 0 Å². The van der Waals surface area contributed by atoms with E-state index in [1.165, 1.54) is 6.42 Å². The maximum absolute atomic E-state index is 3.97. The molecule has 0 aliphatic heterocycles. The van der Waals surface area contributed by atoms with Crippen molar-refractivity contribution >= 4 is 0 Å². The molecule has 0 aromatic heterocycles. The van der Waals surface area contributed by atoms with Gasteiger partial charge in [0, 0.05) is 0 Å². The summed E-state index contributed by atoms with van der Waals surface area (Å²) in [6, 6.07) is 0. The van der Waals surface area contributed by atoms with E-state index in [9.17, 15) is 0 Å². The SMILES string of the molecule is [CH2]CC(C)(C)C(C)(C)CC. The lowest BCUT2D eigenvalue weighted by atomic mass is 9.65. The Morgan fingerprint density at radius 2 is 1.40 bits per heavy atom. The van der Waals surface area contributed by atoms with Crippen LogP contribution in [0.25, 0.3) is 0 Å². The largest absolute Gasteiger partial charge is 0.0649 e. The van der Waals surface area contributed by atoms with Crippen LogP contribution in [0, 0.1) is 17.8 Å². The summed E-state index contributed by atoms with van der Waals surface area (Å²) >= 11 is 0. The van der Waals surface area contributed by atoms with Crippen molar-refractivity contribution < 1.29 is 0 Å². The highest BCUT2D eigenvalue weighted by atomic mass is 14.4. The third-order valence-corrected chi connectivity index (χ3v) is 3.34. The Morgan fingerprint density at radius 3 is 1.50 bits per heavy atom. The summed E-state index contributed by atoms with van der Waals surface area (Å²) in [5.74, 6) is 0. The monoisotopic (exact) mass is 141 g/mol. The molecule has 0 rings (SSSR count). The predicted octanol–water partition coefficient (Wildman–Crippen LogP) is 3.67. The molecule has 0 saturated heterocycles. The minimum absolute atomic E-state index is 0.377.